The van der Waals surface area contributed by atoms with E-state index in [2.05, 4.69) is 48.2 Å². The fraction of sp³-hybridized carbons (Fsp3) is 0.882. The van der Waals surface area contributed by atoms with Crippen molar-refractivity contribution in [2.45, 2.75) is 77.7 Å². The van der Waals surface area contributed by atoms with Gasteiger partial charge < -0.3 is 14.8 Å². The molecule has 0 bridgehead atoms. The van der Waals surface area contributed by atoms with E-state index in [1.165, 1.54) is 0 Å². The molecule has 3 rings (SSSR count). The van der Waals surface area contributed by atoms with Crippen LogP contribution in [-0.2, 0) is 9.47 Å². The van der Waals surface area contributed by atoms with Gasteiger partial charge in [0.25, 0.3) is 0 Å². The minimum atomic E-state index is -0.104. The van der Waals surface area contributed by atoms with Gasteiger partial charge >= 0.3 is 0 Å². The van der Waals surface area contributed by atoms with E-state index in [9.17, 15) is 0 Å². The SMILES string of the molecule is Cc1nc(C(C)NC2CC(OC(C)(C)C)C23CCOCC3)n[nH]1. The van der Waals surface area contributed by atoms with Crippen molar-refractivity contribution >= 4 is 0 Å². The second-order valence-electron chi connectivity index (χ2n) is 8.02. The average molecular weight is 322 g/mol. The summed E-state index contributed by atoms with van der Waals surface area (Å²) in [5.74, 6) is 1.70. The zero-order chi connectivity index (χ0) is 16.7. The summed E-state index contributed by atoms with van der Waals surface area (Å²) in [6.07, 6.45) is 3.48. The van der Waals surface area contributed by atoms with Crippen molar-refractivity contribution in [1.82, 2.24) is 20.5 Å². The first-order valence-corrected chi connectivity index (χ1v) is 8.71. The highest BCUT2D eigenvalue weighted by Crippen LogP contribution is 2.52. The third-order valence-electron chi connectivity index (χ3n) is 5.16. The molecule has 130 valence electrons. The Morgan fingerprint density at radius 2 is 2.04 bits per heavy atom. The van der Waals surface area contributed by atoms with Gasteiger partial charge in [-0.25, -0.2) is 4.98 Å². The van der Waals surface area contributed by atoms with E-state index in [0.717, 1.165) is 44.1 Å². The van der Waals surface area contributed by atoms with Crippen LogP contribution in [0.3, 0.4) is 0 Å². The normalized spacial score (nSPS) is 28.6. The van der Waals surface area contributed by atoms with Crippen LogP contribution in [0.2, 0.25) is 0 Å². The van der Waals surface area contributed by atoms with E-state index >= 15 is 0 Å². The average Bonchev–Trinajstić information content (AvgIpc) is 2.92. The van der Waals surface area contributed by atoms with E-state index < -0.39 is 0 Å². The predicted molar refractivity (Wildman–Crippen MR) is 88.2 cm³/mol. The maximum Gasteiger partial charge on any atom is 0.167 e. The molecule has 1 saturated heterocycles. The Kier molecular flexibility index (Phi) is 4.51. The van der Waals surface area contributed by atoms with Crippen molar-refractivity contribution in [1.29, 1.82) is 0 Å². The van der Waals surface area contributed by atoms with Crippen LogP contribution in [-0.4, -0.2) is 46.1 Å². The molecule has 1 aliphatic heterocycles. The Balaban J connectivity index is 1.69. The Morgan fingerprint density at radius 1 is 1.35 bits per heavy atom. The molecule has 6 nitrogen and oxygen atoms in total. The molecule has 1 saturated carbocycles. The predicted octanol–water partition coefficient (Wildman–Crippen LogP) is 2.52. The van der Waals surface area contributed by atoms with Gasteiger partial charge in [0.05, 0.1) is 17.7 Å². The number of nitrogens with one attached hydrogen (secondary N) is 2. The molecule has 3 unspecified atom stereocenters. The fourth-order valence-electron chi connectivity index (χ4n) is 3.93. The number of aryl methyl sites for hydroxylation is 1. The van der Waals surface area contributed by atoms with Gasteiger partial charge in [0.1, 0.15) is 5.82 Å². The van der Waals surface area contributed by atoms with Gasteiger partial charge in [0.2, 0.25) is 0 Å². The number of aromatic nitrogens is 3. The molecule has 2 fully saturated rings. The minimum absolute atomic E-state index is 0.104. The summed E-state index contributed by atoms with van der Waals surface area (Å²) < 4.78 is 12.0. The zero-order valence-electron chi connectivity index (χ0n) is 15.0. The molecule has 0 aromatic carbocycles. The van der Waals surface area contributed by atoms with Crippen LogP contribution in [0.1, 0.15) is 64.6 Å². The monoisotopic (exact) mass is 322 g/mol. The Hall–Kier alpha value is -0.980. The van der Waals surface area contributed by atoms with Crippen LogP contribution in [0.25, 0.3) is 0 Å². The van der Waals surface area contributed by atoms with Gasteiger partial charge in [0, 0.05) is 24.7 Å². The molecule has 3 atom stereocenters. The number of rotatable bonds is 4. The van der Waals surface area contributed by atoms with Crippen LogP contribution < -0.4 is 5.32 Å². The summed E-state index contributed by atoms with van der Waals surface area (Å²) in [4.78, 5) is 4.45. The van der Waals surface area contributed by atoms with E-state index in [-0.39, 0.29) is 17.1 Å². The molecule has 1 aromatic heterocycles. The Bertz CT molecular complexity index is 531. The number of H-pyrrole nitrogens is 1. The van der Waals surface area contributed by atoms with Gasteiger partial charge in [-0.15, -0.1) is 0 Å². The first-order valence-electron chi connectivity index (χ1n) is 8.71. The maximum absolute atomic E-state index is 6.36. The molecule has 2 aliphatic rings. The third-order valence-corrected chi connectivity index (χ3v) is 5.16. The first-order chi connectivity index (χ1) is 10.8. The summed E-state index contributed by atoms with van der Waals surface area (Å²) in [6.45, 7) is 12.1. The topological polar surface area (TPSA) is 72.1 Å². The van der Waals surface area contributed by atoms with Crippen LogP contribution in [0, 0.1) is 12.3 Å². The highest BCUT2D eigenvalue weighted by Gasteiger charge is 2.57. The number of aromatic amines is 1. The van der Waals surface area contributed by atoms with Crippen LogP contribution >= 0.6 is 0 Å². The molecular formula is C17H30N4O2. The fourth-order valence-corrected chi connectivity index (χ4v) is 3.93. The van der Waals surface area contributed by atoms with Crippen molar-refractivity contribution < 1.29 is 9.47 Å². The van der Waals surface area contributed by atoms with Crippen molar-refractivity contribution in [2.24, 2.45) is 5.41 Å². The molecule has 6 heteroatoms. The van der Waals surface area contributed by atoms with Crippen molar-refractivity contribution in [2.75, 3.05) is 13.2 Å². The summed E-state index contributed by atoms with van der Waals surface area (Å²) in [6, 6.07) is 0.577. The number of hydrogen-bond donors (Lipinski definition) is 2. The van der Waals surface area contributed by atoms with Gasteiger partial charge in [-0.05, 0) is 53.9 Å². The Morgan fingerprint density at radius 3 is 2.61 bits per heavy atom. The molecule has 23 heavy (non-hydrogen) atoms. The van der Waals surface area contributed by atoms with Crippen LogP contribution in [0.5, 0.6) is 0 Å². The zero-order valence-corrected chi connectivity index (χ0v) is 15.0. The van der Waals surface area contributed by atoms with Crippen LogP contribution in [0.15, 0.2) is 0 Å². The molecule has 1 spiro atoms. The summed E-state index contributed by atoms with van der Waals surface area (Å²) in [5, 5.41) is 11.0. The van der Waals surface area contributed by atoms with Gasteiger partial charge in [-0.1, -0.05) is 0 Å². The second kappa shape index (κ2) is 6.15. The first kappa shape index (κ1) is 16.9. The largest absolute Gasteiger partial charge is 0.381 e. The van der Waals surface area contributed by atoms with E-state index in [0.29, 0.717) is 12.1 Å². The third kappa shape index (κ3) is 3.44. The molecule has 1 aromatic rings. The number of ether oxygens (including phenoxy) is 2. The van der Waals surface area contributed by atoms with E-state index in [1.807, 2.05) is 6.92 Å². The molecule has 2 heterocycles. The minimum Gasteiger partial charge on any atom is -0.381 e. The van der Waals surface area contributed by atoms with Gasteiger partial charge in [0.15, 0.2) is 5.82 Å². The summed E-state index contributed by atoms with van der Waals surface area (Å²) >= 11 is 0. The lowest BCUT2D eigenvalue weighted by Gasteiger charge is -2.59. The molecular weight excluding hydrogens is 292 g/mol. The highest BCUT2D eigenvalue weighted by molar-refractivity contribution is 5.11. The quantitative estimate of drug-likeness (QED) is 0.891. The van der Waals surface area contributed by atoms with Gasteiger partial charge in [-0.2, -0.15) is 5.10 Å². The van der Waals surface area contributed by atoms with E-state index in [1.54, 1.807) is 0 Å². The lowest BCUT2D eigenvalue weighted by atomic mass is 9.57. The smallest absolute Gasteiger partial charge is 0.167 e. The summed E-state index contributed by atoms with van der Waals surface area (Å²) in [5.41, 5.74) is 0.0819. The van der Waals surface area contributed by atoms with E-state index in [4.69, 9.17) is 9.47 Å². The number of nitrogens with zero attached hydrogens (tertiary/aromatic N) is 2. The highest BCUT2D eigenvalue weighted by atomic mass is 16.5. The van der Waals surface area contributed by atoms with Crippen molar-refractivity contribution in [3.63, 3.8) is 0 Å². The maximum atomic E-state index is 6.36. The molecule has 0 radical (unpaired) electrons. The Labute approximate surface area is 138 Å². The lowest BCUT2D eigenvalue weighted by molar-refractivity contribution is -0.213. The number of hydrogen-bond acceptors (Lipinski definition) is 5. The molecule has 0 amide bonds. The summed E-state index contributed by atoms with van der Waals surface area (Å²) in [7, 11) is 0. The van der Waals surface area contributed by atoms with Crippen LogP contribution in [0.4, 0.5) is 0 Å². The van der Waals surface area contributed by atoms with Crippen molar-refractivity contribution in [3.8, 4) is 0 Å². The van der Waals surface area contributed by atoms with Crippen molar-refractivity contribution in [3.05, 3.63) is 11.6 Å². The second-order valence-corrected chi connectivity index (χ2v) is 8.02. The molecule has 2 N–H and O–H groups in total. The van der Waals surface area contributed by atoms with Gasteiger partial charge in [-0.3, -0.25) is 5.10 Å². The molecule has 1 aliphatic carbocycles. The lowest BCUT2D eigenvalue weighted by Crippen LogP contribution is -2.66. The standard InChI is InChI=1S/C17H30N4O2/c1-11(15-19-12(2)20-21-15)18-13-10-14(23-16(3,4)5)17(13)6-8-22-9-7-17/h11,13-14,18H,6-10H2,1-5H3,(H,19,20,21).